The topological polar surface area (TPSA) is 58.6 Å². The van der Waals surface area contributed by atoms with Gasteiger partial charge in [0, 0.05) is 12.5 Å². The van der Waals surface area contributed by atoms with Crippen molar-refractivity contribution in [1.82, 2.24) is 5.32 Å². The molecule has 0 aromatic heterocycles. The molecule has 2 rings (SSSR count). The molecule has 2 unspecified atom stereocenters. The first-order valence-electron chi connectivity index (χ1n) is 7.18. The van der Waals surface area contributed by atoms with Gasteiger partial charge in [0.05, 0.1) is 19.6 Å². The molecule has 4 heteroatoms. The van der Waals surface area contributed by atoms with E-state index in [0.29, 0.717) is 13.0 Å². The summed E-state index contributed by atoms with van der Waals surface area (Å²) in [6.45, 7) is 2.55. The van der Waals surface area contributed by atoms with E-state index < -0.39 is 0 Å². The molecule has 0 radical (unpaired) electrons. The molecule has 1 aliphatic rings. The van der Waals surface area contributed by atoms with Crippen molar-refractivity contribution in [3.8, 4) is 5.75 Å². The highest BCUT2D eigenvalue weighted by molar-refractivity contribution is 5.78. The minimum absolute atomic E-state index is 0.00462. The summed E-state index contributed by atoms with van der Waals surface area (Å²) in [4.78, 5) is 11.9. The van der Waals surface area contributed by atoms with E-state index in [0.717, 1.165) is 36.1 Å². The fourth-order valence-corrected chi connectivity index (χ4v) is 2.72. The minimum atomic E-state index is -0.255. The average Bonchev–Trinajstić information content (AvgIpc) is 2.84. The van der Waals surface area contributed by atoms with Crippen LogP contribution in [0.5, 0.6) is 5.75 Å². The van der Waals surface area contributed by atoms with Crippen LogP contribution in [-0.2, 0) is 11.2 Å². The van der Waals surface area contributed by atoms with Gasteiger partial charge in [-0.15, -0.1) is 0 Å². The van der Waals surface area contributed by atoms with E-state index >= 15 is 0 Å². The van der Waals surface area contributed by atoms with E-state index in [2.05, 4.69) is 5.32 Å². The molecular weight excluding hydrogens is 254 g/mol. The Bertz CT molecular complexity index is 473. The summed E-state index contributed by atoms with van der Waals surface area (Å²) in [5.74, 6) is 1.02. The van der Waals surface area contributed by atoms with E-state index in [-0.39, 0.29) is 17.9 Å². The highest BCUT2D eigenvalue weighted by Crippen LogP contribution is 2.24. The van der Waals surface area contributed by atoms with Gasteiger partial charge < -0.3 is 15.2 Å². The van der Waals surface area contributed by atoms with Gasteiger partial charge in [-0.3, -0.25) is 4.79 Å². The number of nitrogens with one attached hydrogen (secondary N) is 1. The van der Waals surface area contributed by atoms with Crippen molar-refractivity contribution in [1.29, 1.82) is 0 Å². The standard InChI is InChI=1S/C16H23NO3/c1-11-6-7-12(8-15(11)20-2)9-16(19)17-10-13-4-3-5-14(13)18/h6-8,13-14,18H,3-5,9-10H2,1-2H3,(H,17,19). The predicted octanol–water partition coefficient (Wildman–Crippen LogP) is 1.82. The zero-order valence-electron chi connectivity index (χ0n) is 12.2. The molecule has 2 atom stereocenters. The molecule has 0 bridgehead atoms. The minimum Gasteiger partial charge on any atom is -0.496 e. The fourth-order valence-electron chi connectivity index (χ4n) is 2.72. The molecule has 0 heterocycles. The lowest BCUT2D eigenvalue weighted by molar-refractivity contribution is -0.120. The van der Waals surface area contributed by atoms with E-state index in [1.807, 2.05) is 25.1 Å². The number of carbonyl (C=O) groups is 1. The lowest BCUT2D eigenvalue weighted by Crippen LogP contribution is -2.33. The number of benzene rings is 1. The molecule has 110 valence electrons. The molecule has 1 aromatic rings. The van der Waals surface area contributed by atoms with Crippen molar-refractivity contribution in [3.05, 3.63) is 29.3 Å². The van der Waals surface area contributed by atoms with Crippen molar-refractivity contribution in [2.75, 3.05) is 13.7 Å². The van der Waals surface area contributed by atoms with Gasteiger partial charge in [0.15, 0.2) is 0 Å². The molecule has 1 aromatic carbocycles. The number of ether oxygens (including phenoxy) is 1. The summed E-state index contributed by atoms with van der Waals surface area (Å²) in [7, 11) is 1.63. The number of aliphatic hydroxyl groups excluding tert-OH is 1. The maximum Gasteiger partial charge on any atom is 0.224 e. The van der Waals surface area contributed by atoms with Gasteiger partial charge in [-0.2, -0.15) is 0 Å². The van der Waals surface area contributed by atoms with Gasteiger partial charge in [0.2, 0.25) is 5.91 Å². The molecule has 0 spiro atoms. The molecule has 2 N–H and O–H groups in total. The Morgan fingerprint density at radius 3 is 2.90 bits per heavy atom. The summed E-state index contributed by atoms with van der Waals surface area (Å²) in [6, 6.07) is 5.81. The number of carbonyl (C=O) groups excluding carboxylic acids is 1. The van der Waals surface area contributed by atoms with Crippen LogP contribution in [0.3, 0.4) is 0 Å². The fraction of sp³-hybridized carbons (Fsp3) is 0.562. The van der Waals surface area contributed by atoms with E-state index in [9.17, 15) is 9.90 Å². The maximum atomic E-state index is 11.9. The van der Waals surface area contributed by atoms with Crippen LogP contribution in [0.25, 0.3) is 0 Å². The van der Waals surface area contributed by atoms with Crippen molar-refractivity contribution in [2.45, 2.75) is 38.7 Å². The zero-order chi connectivity index (χ0) is 14.5. The van der Waals surface area contributed by atoms with Crippen LogP contribution in [-0.4, -0.2) is 30.8 Å². The average molecular weight is 277 g/mol. The van der Waals surface area contributed by atoms with Crippen LogP contribution < -0.4 is 10.1 Å². The third kappa shape index (κ3) is 3.73. The van der Waals surface area contributed by atoms with Gasteiger partial charge in [0.1, 0.15) is 5.75 Å². The molecule has 0 saturated heterocycles. The smallest absolute Gasteiger partial charge is 0.224 e. The normalized spacial score (nSPS) is 21.8. The van der Waals surface area contributed by atoms with Crippen LogP contribution in [0.1, 0.15) is 30.4 Å². The van der Waals surface area contributed by atoms with Gasteiger partial charge >= 0.3 is 0 Å². The van der Waals surface area contributed by atoms with Crippen LogP contribution in [0.2, 0.25) is 0 Å². The van der Waals surface area contributed by atoms with Gasteiger partial charge in [0.25, 0.3) is 0 Å². The van der Waals surface area contributed by atoms with E-state index in [1.54, 1.807) is 7.11 Å². The number of hydrogen-bond acceptors (Lipinski definition) is 3. The number of aliphatic hydroxyl groups is 1. The second kappa shape index (κ2) is 6.75. The van der Waals surface area contributed by atoms with Gasteiger partial charge in [-0.25, -0.2) is 0 Å². The van der Waals surface area contributed by atoms with Crippen LogP contribution >= 0.6 is 0 Å². The Hall–Kier alpha value is -1.55. The summed E-state index contributed by atoms with van der Waals surface area (Å²) < 4.78 is 5.26. The zero-order valence-corrected chi connectivity index (χ0v) is 12.2. The molecule has 1 aliphatic carbocycles. The van der Waals surface area contributed by atoms with Crippen LogP contribution in [0.15, 0.2) is 18.2 Å². The summed E-state index contributed by atoms with van der Waals surface area (Å²) in [6.07, 6.45) is 3.00. The molecular formula is C16H23NO3. The summed E-state index contributed by atoms with van der Waals surface area (Å²) in [5.41, 5.74) is 2.00. The Morgan fingerprint density at radius 1 is 1.45 bits per heavy atom. The third-order valence-corrected chi connectivity index (χ3v) is 4.02. The van der Waals surface area contributed by atoms with Gasteiger partial charge in [-0.1, -0.05) is 18.6 Å². The largest absolute Gasteiger partial charge is 0.496 e. The Balaban J connectivity index is 1.85. The Morgan fingerprint density at radius 2 is 2.25 bits per heavy atom. The number of hydrogen-bond donors (Lipinski definition) is 2. The first-order chi connectivity index (χ1) is 9.60. The summed E-state index contributed by atoms with van der Waals surface area (Å²) in [5, 5.41) is 12.6. The molecule has 20 heavy (non-hydrogen) atoms. The Labute approximate surface area is 120 Å². The van der Waals surface area contributed by atoms with Crippen molar-refractivity contribution < 1.29 is 14.6 Å². The highest BCUT2D eigenvalue weighted by Gasteiger charge is 2.25. The maximum absolute atomic E-state index is 11.9. The van der Waals surface area contributed by atoms with E-state index in [4.69, 9.17) is 4.74 Å². The first kappa shape index (κ1) is 14.9. The quantitative estimate of drug-likeness (QED) is 0.863. The number of rotatable bonds is 5. The van der Waals surface area contributed by atoms with Crippen molar-refractivity contribution in [2.24, 2.45) is 5.92 Å². The van der Waals surface area contributed by atoms with Crippen molar-refractivity contribution >= 4 is 5.91 Å². The Kier molecular flexibility index (Phi) is 5.01. The molecule has 1 amide bonds. The lowest BCUT2D eigenvalue weighted by atomic mass is 10.1. The predicted molar refractivity (Wildman–Crippen MR) is 77.8 cm³/mol. The van der Waals surface area contributed by atoms with Crippen LogP contribution in [0, 0.1) is 12.8 Å². The van der Waals surface area contributed by atoms with Gasteiger partial charge in [-0.05, 0) is 37.0 Å². The highest BCUT2D eigenvalue weighted by atomic mass is 16.5. The summed E-state index contributed by atoms with van der Waals surface area (Å²) >= 11 is 0. The third-order valence-electron chi connectivity index (χ3n) is 4.02. The van der Waals surface area contributed by atoms with E-state index in [1.165, 1.54) is 0 Å². The molecule has 1 saturated carbocycles. The molecule has 4 nitrogen and oxygen atoms in total. The monoisotopic (exact) mass is 277 g/mol. The van der Waals surface area contributed by atoms with Crippen LogP contribution in [0.4, 0.5) is 0 Å². The first-order valence-corrected chi connectivity index (χ1v) is 7.18. The number of aryl methyl sites for hydroxylation is 1. The molecule has 0 aliphatic heterocycles. The lowest BCUT2D eigenvalue weighted by Gasteiger charge is -2.15. The second-order valence-electron chi connectivity index (χ2n) is 5.54. The SMILES string of the molecule is COc1cc(CC(=O)NCC2CCCC2O)ccc1C. The molecule has 1 fully saturated rings. The van der Waals surface area contributed by atoms with Crippen molar-refractivity contribution in [3.63, 3.8) is 0 Å². The number of amides is 1. The second-order valence-corrected chi connectivity index (χ2v) is 5.54. The number of methoxy groups -OCH3 is 1.